The molecular weight excluding hydrogens is 344 g/mol. The molecule has 2 fully saturated rings. The maximum Gasteiger partial charge on any atom is 0.164 e. The molecule has 6 atom stereocenters. The lowest BCUT2D eigenvalue weighted by atomic mass is 9.60. The van der Waals surface area contributed by atoms with Gasteiger partial charge in [0.15, 0.2) is 5.65 Å². The van der Waals surface area contributed by atoms with E-state index in [1.165, 1.54) is 0 Å². The molecule has 0 radical (unpaired) electrons. The zero-order valence-electron chi connectivity index (χ0n) is 13.9. The molecule has 0 amide bonds. The third-order valence-corrected chi connectivity index (χ3v) is 6.92. The number of hydrogen-bond donors (Lipinski definition) is 4. The predicted octanol–water partition coefficient (Wildman–Crippen LogP) is 1.11. The van der Waals surface area contributed by atoms with Gasteiger partial charge >= 0.3 is 0 Å². The maximum absolute atomic E-state index is 10.7. The highest BCUT2D eigenvalue weighted by Crippen LogP contribution is 2.61. The van der Waals surface area contributed by atoms with E-state index in [1.54, 1.807) is 6.33 Å². The van der Waals surface area contributed by atoms with Crippen LogP contribution in [0.3, 0.4) is 0 Å². The van der Waals surface area contributed by atoms with Gasteiger partial charge in [-0.1, -0.05) is 11.6 Å². The second-order valence-corrected chi connectivity index (χ2v) is 8.15. The van der Waals surface area contributed by atoms with E-state index in [0.717, 1.165) is 36.0 Å². The van der Waals surface area contributed by atoms with Crippen LogP contribution in [0.2, 0.25) is 5.15 Å². The van der Waals surface area contributed by atoms with Crippen molar-refractivity contribution in [3.8, 4) is 0 Å². The van der Waals surface area contributed by atoms with Gasteiger partial charge in [-0.15, -0.1) is 0 Å². The summed E-state index contributed by atoms with van der Waals surface area (Å²) in [5.41, 5.74) is 2.63. The van der Waals surface area contributed by atoms with Crippen molar-refractivity contribution in [1.29, 1.82) is 0 Å². The Morgan fingerprint density at radius 1 is 1.44 bits per heavy atom. The SMILES string of the molecule is CC1Cc2c(Cl)nc3c(ncn3[C@H]3[C@H](O)[C@H](O)[C@]4(CO)CC[C@H]34)c2N1. The Bertz CT molecular complexity index is 867. The van der Waals surface area contributed by atoms with Gasteiger partial charge in [0.2, 0.25) is 0 Å². The molecule has 0 bridgehead atoms. The predicted molar refractivity (Wildman–Crippen MR) is 92.6 cm³/mol. The van der Waals surface area contributed by atoms with E-state index < -0.39 is 17.6 Å². The summed E-state index contributed by atoms with van der Waals surface area (Å²) >= 11 is 6.40. The molecule has 134 valence electrons. The van der Waals surface area contributed by atoms with E-state index in [4.69, 9.17) is 11.6 Å². The molecular formula is C17H21ClN4O3. The van der Waals surface area contributed by atoms with E-state index in [0.29, 0.717) is 10.8 Å². The summed E-state index contributed by atoms with van der Waals surface area (Å²) in [6.07, 6.45) is 2.15. The van der Waals surface area contributed by atoms with Crippen molar-refractivity contribution in [2.75, 3.05) is 11.9 Å². The minimum atomic E-state index is -0.960. The molecule has 5 rings (SSSR count). The standard InChI is InChI=1S/C17H21ClN4O3/c1-7-4-8-10(20-7)11-16(21-15(8)18)22(6-19-11)12-9-2-3-17(9,5-23)14(25)13(12)24/h6-7,9,12-14,20,23-25H,2-5H2,1H3/t7?,9-,12-,13+,14+,17+/m1/s1. The van der Waals surface area contributed by atoms with Gasteiger partial charge in [-0.3, -0.25) is 0 Å². The number of nitrogens with zero attached hydrogens (tertiary/aromatic N) is 3. The third-order valence-electron chi connectivity index (χ3n) is 6.61. The quantitative estimate of drug-likeness (QED) is 0.595. The largest absolute Gasteiger partial charge is 0.396 e. The van der Waals surface area contributed by atoms with Crippen LogP contribution in [0.1, 0.15) is 31.4 Å². The average molecular weight is 365 g/mol. The van der Waals surface area contributed by atoms with Crippen molar-refractivity contribution in [3.63, 3.8) is 0 Å². The van der Waals surface area contributed by atoms with Crippen LogP contribution in [-0.2, 0) is 6.42 Å². The Morgan fingerprint density at radius 3 is 2.88 bits per heavy atom. The monoisotopic (exact) mass is 364 g/mol. The van der Waals surface area contributed by atoms with Crippen LogP contribution in [0.4, 0.5) is 5.69 Å². The molecule has 7 nitrogen and oxygen atoms in total. The summed E-state index contributed by atoms with van der Waals surface area (Å²) in [5, 5.41) is 34.9. The highest BCUT2D eigenvalue weighted by molar-refractivity contribution is 6.31. The van der Waals surface area contributed by atoms with Gasteiger partial charge < -0.3 is 25.2 Å². The van der Waals surface area contributed by atoms with E-state index >= 15 is 0 Å². The number of aromatic nitrogens is 3. The molecule has 2 saturated carbocycles. The number of halogens is 1. The van der Waals surface area contributed by atoms with E-state index in [1.807, 2.05) is 4.57 Å². The van der Waals surface area contributed by atoms with Crippen LogP contribution in [0.5, 0.6) is 0 Å². The molecule has 1 unspecified atom stereocenters. The molecule has 3 heterocycles. The van der Waals surface area contributed by atoms with Crippen molar-refractivity contribution in [2.24, 2.45) is 11.3 Å². The first kappa shape index (κ1) is 15.8. The summed E-state index contributed by atoms with van der Waals surface area (Å²) < 4.78 is 1.83. The normalized spacial score (nSPS) is 39.2. The highest BCUT2D eigenvalue weighted by atomic mass is 35.5. The molecule has 0 spiro atoms. The summed E-state index contributed by atoms with van der Waals surface area (Å²) in [6, 6.07) is -0.0843. The van der Waals surface area contributed by atoms with Gasteiger partial charge in [-0.05, 0) is 32.1 Å². The number of pyridine rings is 1. The molecule has 1 aliphatic heterocycles. The smallest absolute Gasteiger partial charge is 0.164 e. The van der Waals surface area contributed by atoms with Gasteiger partial charge in [-0.2, -0.15) is 0 Å². The Hall–Kier alpha value is -1.41. The fourth-order valence-corrected chi connectivity index (χ4v) is 5.44. The van der Waals surface area contributed by atoms with Gasteiger partial charge in [-0.25, -0.2) is 9.97 Å². The number of aliphatic hydroxyl groups excluding tert-OH is 3. The molecule has 0 aromatic carbocycles. The lowest BCUT2D eigenvalue weighted by Gasteiger charge is -2.46. The number of fused-ring (bicyclic) bond motifs is 4. The Balaban J connectivity index is 1.66. The van der Waals surface area contributed by atoms with Crippen LogP contribution in [0, 0.1) is 11.3 Å². The molecule has 0 saturated heterocycles. The number of hydrogen-bond acceptors (Lipinski definition) is 6. The summed E-state index contributed by atoms with van der Waals surface area (Å²) in [7, 11) is 0. The molecule has 3 aliphatic rings. The fraction of sp³-hybridized carbons (Fsp3) is 0.647. The van der Waals surface area contributed by atoms with Crippen LogP contribution in [0.15, 0.2) is 6.33 Å². The van der Waals surface area contributed by atoms with Crippen LogP contribution < -0.4 is 5.32 Å². The molecule has 4 N–H and O–H groups in total. The number of anilines is 1. The summed E-state index contributed by atoms with van der Waals surface area (Å²) in [6.45, 7) is 1.96. The zero-order chi connectivity index (χ0) is 17.5. The molecule has 2 aromatic heterocycles. The van der Waals surface area contributed by atoms with Crippen LogP contribution in [0.25, 0.3) is 11.2 Å². The Morgan fingerprint density at radius 2 is 2.24 bits per heavy atom. The average Bonchev–Trinajstić information content (AvgIpc) is 3.18. The maximum atomic E-state index is 10.7. The van der Waals surface area contributed by atoms with Crippen molar-refractivity contribution < 1.29 is 15.3 Å². The fourth-order valence-electron chi connectivity index (χ4n) is 5.18. The van der Waals surface area contributed by atoms with Crippen LogP contribution >= 0.6 is 11.6 Å². The second kappa shape index (κ2) is 5.07. The van der Waals surface area contributed by atoms with Crippen LogP contribution in [-0.4, -0.2) is 54.7 Å². The van der Waals surface area contributed by atoms with Crippen molar-refractivity contribution in [3.05, 3.63) is 17.0 Å². The van der Waals surface area contributed by atoms with E-state index in [-0.39, 0.29) is 24.6 Å². The number of rotatable bonds is 2. The summed E-state index contributed by atoms with van der Waals surface area (Å²) in [5.74, 6) is 0.000567. The van der Waals surface area contributed by atoms with Crippen molar-refractivity contribution in [2.45, 2.75) is 50.5 Å². The number of imidazole rings is 1. The minimum Gasteiger partial charge on any atom is -0.396 e. The highest BCUT2D eigenvalue weighted by Gasteiger charge is 2.65. The third kappa shape index (κ3) is 1.82. The molecule has 2 aliphatic carbocycles. The second-order valence-electron chi connectivity index (χ2n) is 7.79. The number of nitrogens with one attached hydrogen (secondary N) is 1. The molecule has 25 heavy (non-hydrogen) atoms. The first-order valence-electron chi connectivity index (χ1n) is 8.76. The van der Waals surface area contributed by atoms with Gasteiger partial charge in [0.25, 0.3) is 0 Å². The van der Waals surface area contributed by atoms with Crippen molar-refractivity contribution >= 4 is 28.5 Å². The molecule has 2 aromatic rings. The first-order valence-corrected chi connectivity index (χ1v) is 9.14. The van der Waals surface area contributed by atoms with E-state index in [2.05, 4.69) is 22.2 Å². The topological polar surface area (TPSA) is 103 Å². The first-order chi connectivity index (χ1) is 12.0. The number of aliphatic hydroxyl groups is 3. The summed E-state index contributed by atoms with van der Waals surface area (Å²) in [4.78, 5) is 9.07. The van der Waals surface area contributed by atoms with Gasteiger partial charge in [0.05, 0.1) is 30.8 Å². The molecule has 8 heteroatoms. The Labute approximate surface area is 149 Å². The van der Waals surface area contributed by atoms with Crippen molar-refractivity contribution in [1.82, 2.24) is 14.5 Å². The van der Waals surface area contributed by atoms with Gasteiger partial charge in [0, 0.05) is 17.0 Å². The lowest BCUT2D eigenvalue weighted by Crippen LogP contribution is -2.48. The minimum absolute atomic E-state index is 0.000567. The Kier molecular flexibility index (Phi) is 3.20. The van der Waals surface area contributed by atoms with Gasteiger partial charge in [0.1, 0.15) is 16.8 Å². The van der Waals surface area contributed by atoms with E-state index in [9.17, 15) is 15.3 Å². The lowest BCUT2D eigenvalue weighted by molar-refractivity contribution is -0.0989. The zero-order valence-corrected chi connectivity index (χ0v) is 14.6.